The first kappa shape index (κ1) is 21.4. The summed E-state index contributed by atoms with van der Waals surface area (Å²) in [4.78, 5) is 38.6. The van der Waals surface area contributed by atoms with E-state index in [4.69, 9.17) is 21.1 Å². The quantitative estimate of drug-likeness (QED) is 0.680. The molecule has 1 fully saturated rings. The Hall–Kier alpha value is -3.33. The molecule has 0 bridgehead atoms. The van der Waals surface area contributed by atoms with Gasteiger partial charge in [-0.2, -0.15) is 0 Å². The molecular weight excluding hydrogens is 417 g/mol. The van der Waals surface area contributed by atoms with Gasteiger partial charge in [0, 0.05) is 5.69 Å². The number of ether oxygens (including phenoxy) is 2. The minimum Gasteiger partial charge on any atom is -0.493 e. The third-order valence-corrected chi connectivity index (χ3v) is 5.03. The Morgan fingerprint density at radius 1 is 1.17 bits per heavy atom. The molecule has 1 saturated heterocycles. The highest BCUT2D eigenvalue weighted by atomic mass is 35.5. The van der Waals surface area contributed by atoms with Crippen molar-refractivity contribution in [2.75, 3.05) is 26.1 Å². The minimum atomic E-state index is -1.39. The van der Waals surface area contributed by atoms with Gasteiger partial charge in [0.1, 0.15) is 17.9 Å². The number of methoxy groups -OCH3 is 2. The number of halogens is 2. The fraction of sp³-hybridized carbons (Fsp3) is 0.250. The molecule has 158 valence electrons. The van der Waals surface area contributed by atoms with Crippen molar-refractivity contribution in [3.63, 3.8) is 0 Å². The minimum absolute atomic E-state index is 0.163. The molecule has 0 unspecified atom stereocenters. The molecule has 30 heavy (non-hydrogen) atoms. The Morgan fingerprint density at radius 2 is 1.87 bits per heavy atom. The van der Waals surface area contributed by atoms with Crippen LogP contribution in [0, 0.1) is 5.82 Å². The van der Waals surface area contributed by atoms with E-state index in [1.54, 1.807) is 18.2 Å². The molecule has 2 aromatic carbocycles. The van der Waals surface area contributed by atoms with Crippen LogP contribution in [0.1, 0.15) is 12.5 Å². The molecule has 0 aromatic heterocycles. The van der Waals surface area contributed by atoms with Gasteiger partial charge in [0.15, 0.2) is 11.5 Å². The van der Waals surface area contributed by atoms with E-state index >= 15 is 0 Å². The van der Waals surface area contributed by atoms with Crippen LogP contribution in [0.4, 0.5) is 14.9 Å². The van der Waals surface area contributed by atoms with Crippen molar-refractivity contribution in [1.29, 1.82) is 0 Å². The molecule has 0 aliphatic carbocycles. The molecule has 1 aliphatic heterocycles. The SMILES string of the molecule is COc1ccc([C@@]2(C)NC(=O)N(CC(=O)Nc3ccc(F)c(Cl)c3)C2=O)cc1OC. The second kappa shape index (κ2) is 8.19. The van der Waals surface area contributed by atoms with Gasteiger partial charge in [0.2, 0.25) is 5.91 Å². The van der Waals surface area contributed by atoms with Crippen molar-refractivity contribution in [2.45, 2.75) is 12.5 Å². The summed E-state index contributed by atoms with van der Waals surface area (Å²) in [5.74, 6) is -1.02. The summed E-state index contributed by atoms with van der Waals surface area (Å²) in [6.07, 6.45) is 0. The highest BCUT2D eigenvalue weighted by molar-refractivity contribution is 6.31. The molecule has 3 rings (SSSR count). The van der Waals surface area contributed by atoms with E-state index in [-0.39, 0.29) is 10.7 Å². The number of hydrogen-bond donors (Lipinski definition) is 2. The largest absolute Gasteiger partial charge is 0.493 e. The van der Waals surface area contributed by atoms with Gasteiger partial charge in [-0.25, -0.2) is 9.18 Å². The Balaban J connectivity index is 1.78. The van der Waals surface area contributed by atoms with Gasteiger partial charge in [0.25, 0.3) is 5.91 Å². The smallest absolute Gasteiger partial charge is 0.325 e. The summed E-state index contributed by atoms with van der Waals surface area (Å²) in [7, 11) is 2.94. The van der Waals surface area contributed by atoms with E-state index in [1.807, 2.05) is 0 Å². The Kier molecular flexibility index (Phi) is 5.84. The van der Waals surface area contributed by atoms with Crippen LogP contribution in [0.2, 0.25) is 5.02 Å². The fourth-order valence-electron chi connectivity index (χ4n) is 3.10. The zero-order chi connectivity index (χ0) is 22.1. The normalized spacial score (nSPS) is 18.2. The van der Waals surface area contributed by atoms with Crippen molar-refractivity contribution in [1.82, 2.24) is 10.2 Å². The number of benzene rings is 2. The fourth-order valence-corrected chi connectivity index (χ4v) is 3.28. The van der Waals surface area contributed by atoms with Crippen LogP contribution >= 0.6 is 11.6 Å². The summed E-state index contributed by atoms with van der Waals surface area (Å²) >= 11 is 5.69. The van der Waals surface area contributed by atoms with Crippen LogP contribution in [0.3, 0.4) is 0 Å². The van der Waals surface area contributed by atoms with Gasteiger partial charge in [-0.05, 0) is 42.8 Å². The van der Waals surface area contributed by atoms with Gasteiger partial charge in [-0.15, -0.1) is 0 Å². The number of amides is 4. The highest BCUT2D eigenvalue weighted by Crippen LogP contribution is 2.35. The van der Waals surface area contributed by atoms with Crippen LogP contribution in [-0.2, 0) is 15.1 Å². The van der Waals surface area contributed by atoms with Crippen molar-refractivity contribution in [3.05, 3.63) is 52.8 Å². The monoisotopic (exact) mass is 435 g/mol. The molecule has 0 spiro atoms. The number of carbonyl (C=O) groups excluding carboxylic acids is 3. The zero-order valence-electron chi connectivity index (χ0n) is 16.4. The number of carbonyl (C=O) groups is 3. The number of rotatable bonds is 6. The molecule has 1 heterocycles. The lowest BCUT2D eigenvalue weighted by Crippen LogP contribution is -2.42. The van der Waals surface area contributed by atoms with E-state index in [2.05, 4.69) is 10.6 Å². The second-order valence-corrected chi connectivity index (χ2v) is 7.10. The van der Waals surface area contributed by atoms with Gasteiger partial charge >= 0.3 is 6.03 Å². The van der Waals surface area contributed by atoms with Crippen molar-refractivity contribution in [2.24, 2.45) is 0 Å². The van der Waals surface area contributed by atoms with E-state index in [1.165, 1.54) is 33.3 Å². The van der Waals surface area contributed by atoms with Crippen LogP contribution in [0.15, 0.2) is 36.4 Å². The van der Waals surface area contributed by atoms with Crippen molar-refractivity contribution in [3.8, 4) is 11.5 Å². The Morgan fingerprint density at radius 3 is 2.50 bits per heavy atom. The third-order valence-electron chi connectivity index (χ3n) is 4.74. The summed E-state index contributed by atoms with van der Waals surface area (Å²) in [5.41, 5.74) is -0.691. The predicted octanol–water partition coefficient (Wildman–Crippen LogP) is 2.90. The first-order chi connectivity index (χ1) is 14.2. The van der Waals surface area contributed by atoms with Gasteiger partial charge < -0.3 is 20.1 Å². The molecule has 0 radical (unpaired) electrons. The van der Waals surface area contributed by atoms with Gasteiger partial charge in [-0.3, -0.25) is 14.5 Å². The van der Waals surface area contributed by atoms with E-state index in [0.717, 1.165) is 11.0 Å². The molecule has 1 atom stereocenters. The molecular formula is C20H19ClFN3O5. The Labute approximate surface area is 176 Å². The number of urea groups is 1. The molecule has 2 N–H and O–H groups in total. The lowest BCUT2D eigenvalue weighted by Gasteiger charge is -2.23. The standard InChI is InChI=1S/C20H19ClFN3O5/c1-20(11-4-7-15(29-2)16(8-11)30-3)18(27)25(19(28)24-20)10-17(26)23-12-5-6-14(22)13(21)9-12/h4-9H,10H2,1-3H3,(H,23,26)(H,24,28)/t20-/m1/s1. The molecule has 0 saturated carbocycles. The molecule has 4 amide bonds. The molecule has 10 heteroatoms. The molecule has 8 nitrogen and oxygen atoms in total. The number of anilines is 1. The lowest BCUT2D eigenvalue weighted by atomic mass is 9.91. The van der Waals surface area contributed by atoms with E-state index in [0.29, 0.717) is 17.1 Å². The maximum Gasteiger partial charge on any atom is 0.325 e. The van der Waals surface area contributed by atoms with Crippen LogP contribution in [-0.4, -0.2) is 43.5 Å². The summed E-state index contributed by atoms with van der Waals surface area (Å²) in [6.45, 7) is 1.01. The van der Waals surface area contributed by atoms with Gasteiger partial charge in [0.05, 0.1) is 19.2 Å². The highest BCUT2D eigenvalue weighted by Gasteiger charge is 2.49. The van der Waals surface area contributed by atoms with E-state index < -0.39 is 35.7 Å². The Bertz CT molecular complexity index is 1030. The predicted molar refractivity (Wildman–Crippen MR) is 107 cm³/mol. The topological polar surface area (TPSA) is 97.0 Å². The average Bonchev–Trinajstić information content (AvgIpc) is 2.94. The first-order valence-electron chi connectivity index (χ1n) is 8.81. The van der Waals surface area contributed by atoms with Crippen molar-refractivity contribution < 1.29 is 28.2 Å². The molecule has 2 aromatic rings. The number of imide groups is 1. The van der Waals surface area contributed by atoms with Crippen LogP contribution < -0.4 is 20.1 Å². The lowest BCUT2D eigenvalue weighted by molar-refractivity contribution is -0.133. The number of nitrogens with zero attached hydrogens (tertiary/aromatic N) is 1. The summed E-state index contributed by atoms with van der Waals surface area (Å²) < 4.78 is 23.7. The summed E-state index contributed by atoms with van der Waals surface area (Å²) in [5, 5.41) is 4.93. The third kappa shape index (κ3) is 3.88. The maximum absolute atomic E-state index is 13.2. The zero-order valence-corrected chi connectivity index (χ0v) is 17.2. The first-order valence-corrected chi connectivity index (χ1v) is 9.19. The van der Waals surface area contributed by atoms with Crippen LogP contribution in [0.5, 0.6) is 11.5 Å². The van der Waals surface area contributed by atoms with Crippen molar-refractivity contribution >= 4 is 35.1 Å². The second-order valence-electron chi connectivity index (χ2n) is 6.69. The summed E-state index contributed by atoms with van der Waals surface area (Å²) in [6, 6.07) is 7.76. The number of nitrogens with one attached hydrogen (secondary N) is 2. The van der Waals surface area contributed by atoms with Crippen LogP contribution in [0.25, 0.3) is 0 Å². The van der Waals surface area contributed by atoms with E-state index in [9.17, 15) is 18.8 Å². The molecule has 1 aliphatic rings. The maximum atomic E-state index is 13.2. The number of hydrogen-bond acceptors (Lipinski definition) is 5. The van der Waals surface area contributed by atoms with Gasteiger partial charge in [-0.1, -0.05) is 17.7 Å². The average molecular weight is 436 g/mol.